The second kappa shape index (κ2) is 30.4. The van der Waals surface area contributed by atoms with Gasteiger partial charge in [0.1, 0.15) is 25.4 Å². The summed E-state index contributed by atoms with van der Waals surface area (Å²) in [7, 11) is 0. The van der Waals surface area contributed by atoms with Crippen molar-refractivity contribution in [3.8, 4) is 177 Å². The molecule has 1 fully saturated rings. The minimum atomic E-state index is -3.32. The molecule has 0 spiro atoms. The zero-order valence-electron chi connectivity index (χ0n) is 59.9. The third kappa shape index (κ3) is 13.9. The molecule has 0 unspecified atom stereocenters. The van der Waals surface area contributed by atoms with Crippen LogP contribution in [0.15, 0.2) is 72.8 Å². The lowest BCUT2D eigenvalue weighted by Crippen LogP contribution is -2.63. The number of rotatable bonds is 13. The highest BCUT2D eigenvalue weighted by molar-refractivity contribution is 6.12. The summed E-state index contributed by atoms with van der Waals surface area (Å²) in [4.78, 5) is 135. The van der Waals surface area contributed by atoms with Gasteiger partial charge in [0.2, 0.25) is 41.1 Å². The summed E-state index contributed by atoms with van der Waals surface area (Å²) in [6.07, 6.45) is -27.9. The van der Waals surface area contributed by atoms with E-state index in [-0.39, 0.29) is 18.2 Å². The fraction of sp³-hybridized carbons (Fsp3) is 0.160. The van der Waals surface area contributed by atoms with Crippen LogP contribution in [0.2, 0.25) is 0 Å². The average molecular weight is 1710 g/mol. The summed E-state index contributed by atoms with van der Waals surface area (Å²) in [6, 6.07) is 3.71. The van der Waals surface area contributed by atoms with E-state index in [0.29, 0.717) is 54.6 Å². The summed E-state index contributed by atoms with van der Waals surface area (Å²) < 4.78 is 57.3. The predicted molar refractivity (Wildman–Crippen MR) is 379 cm³/mol. The third-order valence-electron chi connectivity index (χ3n) is 19.3. The lowest BCUT2D eigenvalue weighted by molar-refractivity contribution is -0.282. The van der Waals surface area contributed by atoms with Gasteiger partial charge < -0.3 is 190 Å². The molecule has 4 heterocycles. The molecule has 0 aromatic heterocycles. The molecular formula is C75H54O47. The van der Waals surface area contributed by atoms with E-state index < -0.39 is 367 Å². The molecule has 0 amide bonds. The van der Waals surface area contributed by atoms with Crippen molar-refractivity contribution in [3.05, 3.63) is 134 Å². The number of aliphatic hydroxyl groups is 1. The fourth-order valence-electron chi connectivity index (χ4n) is 13.6. The molecule has 47 nitrogen and oxygen atoms in total. The van der Waals surface area contributed by atoms with E-state index >= 15 is 19.2 Å². The van der Waals surface area contributed by atoms with Gasteiger partial charge in [0.25, 0.3) is 0 Å². The number of carbonyl (C=O) groups is 9. The first-order chi connectivity index (χ1) is 57.3. The van der Waals surface area contributed by atoms with Crippen molar-refractivity contribution in [2.24, 2.45) is 0 Å². The maximum Gasteiger partial charge on any atom is 0.340 e. The predicted octanol–water partition coefficient (Wildman–Crippen LogP) is 2.45. The van der Waals surface area contributed by atoms with Crippen LogP contribution in [0.1, 0.15) is 110 Å². The van der Waals surface area contributed by atoms with Gasteiger partial charge in [0.15, 0.2) is 157 Å². The largest absolute Gasteiger partial charge is 0.504 e. The molecule has 9 aromatic carbocycles. The smallest absolute Gasteiger partial charge is 0.340 e. The van der Waals surface area contributed by atoms with Crippen LogP contribution in [0.5, 0.6) is 155 Å². The Kier molecular flexibility index (Phi) is 20.6. The van der Waals surface area contributed by atoms with Gasteiger partial charge in [-0.25, -0.2) is 43.2 Å². The van der Waals surface area contributed by atoms with Crippen molar-refractivity contribution >= 4 is 53.7 Å². The normalized spacial score (nSPS) is 19.7. The van der Waals surface area contributed by atoms with Crippen LogP contribution in [-0.4, -0.2) is 265 Å². The van der Waals surface area contributed by atoms with E-state index in [1.165, 1.54) is 0 Å². The van der Waals surface area contributed by atoms with E-state index in [2.05, 4.69) is 0 Å². The van der Waals surface area contributed by atoms with Crippen molar-refractivity contribution in [3.63, 3.8) is 0 Å². The molecule has 28 N–H and O–H groups in total. The van der Waals surface area contributed by atoms with Crippen LogP contribution < -0.4 is 0 Å². The number of phenols is 27. The second-order valence-corrected chi connectivity index (χ2v) is 26.7. The maximum atomic E-state index is 16.3. The standard InChI is InChI=1S/C75H54O47/c76-23-1-15(2-24(77)45(23)89)66(104)114-14-36-61(64(119-67(105)16-3-25(78)46(90)26(79)4-16)65(121-68(106)17-5-27(80)47(91)28(81)6-17)75(115-36)122-69(107)18-7-29(82)48(92)30(83)8-18)117-72(110)22-12-34(87)52(96)56(100)40(22)43-42-44-41(57(101)59(103)58(42)102)39-21(11-33(86)51(95)55(39)99)73(111)120-63(62(43)118-74(44)112)60-35(88)13-113-70(108)19-9-31(84)49(93)53(97)37(19)38-20(71(109)116-60)10-32(85)50(94)54(38)98/h1-12,35-36,43,60-65,75-103H,13-14H2/t35-,36+,43-,60-,61+,62+,63-,64+,65-,75+/m0/s1. The van der Waals surface area contributed by atoms with Gasteiger partial charge >= 0.3 is 53.7 Å². The highest BCUT2D eigenvalue weighted by atomic mass is 16.8. The van der Waals surface area contributed by atoms with Gasteiger partial charge in [-0.15, -0.1) is 0 Å². The molecule has 122 heavy (non-hydrogen) atoms. The van der Waals surface area contributed by atoms with Gasteiger partial charge in [0.05, 0.1) is 56.0 Å². The molecular weight excluding hydrogens is 1650 g/mol. The number of aromatic hydroxyl groups is 27. The topological polar surface area (TPSA) is 812 Å². The van der Waals surface area contributed by atoms with E-state index in [0.717, 1.165) is 0 Å². The Morgan fingerprint density at radius 1 is 0.303 bits per heavy atom. The number of carbonyl (C=O) groups excluding carboxylic acids is 9. The Morgan fingerprint density at radius 2 is 0.639 bits per heavy atom. The Hall–Kier alpha value is -17.3. The van der Waals surface area contributed by atoms with Gasteiger partial charge in [-0.1, -0.05) is 0 Å². The number of phenolic OH excluding ortho intramolecular Hbond substituents is 27. The van der Waals surface area contributed by atoms with Gasteiger partial charge in [-0.3, -0.25) is 0 Å². The molecule has 13 rings (SSSR count). The van der Waals surface area contributed by atoms with Gasteiger partial charge in [-0.05, 0) is 72.8 Å². The molecule has 0 saturated carbocycles. The second-order valence-electron chi connectivity index (χ2n) is 26.7. The Balaban J connectivity index is 1.07. The lowest BCUT2D eigenvalue weighted by atomic mass is 9.73. The summed E-state index contributed by atoms with van der Waals surface area (Å²) in [5.74, 6) is -63.3. The number of cyclic esters (lactones) is 3. The number of esters is 9. The first-order valence-corrected chi connectivity index (χ1v) is 33.9. The number of hydrogen-bond donors (Lipinski definition) is 28. The Morgan fingerprint density at radius 3 is 1.08 bits per heavy atom. The minimum Gasteiger partial charge on any atom is -0.504 e. The van der Waals surface area contributed by atoms with Crippen molar-refractivity contribution in [1.29, 1.82) is 0 Å². The summed E-state index contributed by atoms with van der Waals surface area (Å²) in [5.41, 5.74) is -20.5. The first kappa shape index (κ1) is 82.7. The van der Waals surface area contributed by atoms with Crippen LogP contribution in [0, 0.1) is 0 Å². The molecule has 0 radical (unpaired) electrons. The number of benzene rings is 9. The van der Waals surface area contributed by atoms with E-state index in [1.54, 1.807) is 0 Å². The maximum absolute atomic E-state index is 16.3. The molecule has 636 valence electrons. The van der Waals surface area contributed by atoms with Gasteiger partial charge in [0, 0.05) is 33.4 Å². The number of fused-ring (bicyclic) bond motifs is 7. The Bertz CT molecular complexity index is 5990. The zero-order chi connectivity index (χ0) is 89.2. The van der Waals surface area contributed by atoms with Crippen LogP contribution in [0.25, 0.3) is 22.3 Å². The van der Waals surface area contributed by atoms with E-state index in [4.69, 9.17) is 47.4 Å². The third-order valence-corrected chi connectivity index (χ3v) is 19.3. The first-order valence-electron chi connectivity index (χ1n) is 33.9. The molecule has 9 aromatic rings. The summed E-state index contributed by atoms with van der Waals surface area (Å²) in [5, 5.41) is 311. The molecule has 2 bridgehead atoms. The number of hydrogen-bond acceptors (Lipinski definition) is 47. The molecule has 0 aliphatic carbocycles. The molecule has 47 heteroatoms. The van der Waals surface area contributed by atoms with Crippen LogP contribution >= 0.6 is 0 Å². The van der Waals surface area contributed by atoms with Crippen LogP contribution in [0.4, 0.5) is 0 Å². The lowest BCUT2D eigenvalue weighted by Gasteiger charge is -2.44. The van der Waals surface area contributed by atoms with Crippen molar-refractivity contribution in [2.75, 3.05) is 13.2 Å². The van der Waals surface area contributed by atoms with Crippen molar-refractivity contribution < 1.29 is 234 Å². The van der Waals surface area contributed by atoms with E-state index in [1.807, 2.05) is 0 Å². The van der Waals surface area contributed by atoms with Crippen molar-refractivity contribution in [2.45, 2.75) is 61.0 Å². The Labute approximate surface area is 670 Å². The minimum absolute atomic E-state index is 0.0159. The number of aliphatic hydroxyl groups excluding tert-OH is 1. The monoisotopic (exact) mass is 1710 g/mol. The fourth-order valence-corrected chi connectivity index (χ4v) is 13.6. The highest BCUT2D eigenvalue weighted by Gasteiger charge is 2.59. The van der Waals surface area contributed by atoms with Crippen molar-refractivity contribution in [1.82, 2.24) is 0 Å². The SMILES string of the molecule is O=C(OC[C@H]1O[C@H](OC(=O)c2cc(O)c(O)c(O)c2)[C@@H](OC(=O)c2cc(O)c(O)c(O)c2)[C@H](OC(=O)c2cc(O)c(O)c(O)c2)[C@@H]1OC(=O)c1cc(O)c(O)c(O)c1[C@H]1c2c(O)c(O)c(O)c3c2C(=O)O[C@H]1[C@H]([C@H]1OC(=O)c2cc(O)c(O)c(O)c2-c2c(cc(O)c(O)c2O)C(=O)OC[C@@H]1O)OC(=O)c1cc(O)c(O)c(O)c1-3)c1cc(O)c(O)c(O)c1. The number of ether oxygens (including phenoxy) is 10. The van der Waals surface area contributed by atoms with Gasteiger partial charge in [-0.2, -0.15) is 0 Å². The zero-order valence-corrected chi connectivity index (χ0v) is 59.9. The van der Waals surface area contributed by atoms with Crippen LogP contribution in [0.3, 0.4) is 0 Å². The summed E-state index contributed by atoms with van der Waals surface area (Å²) >= 11 is 0. The van der Waals surface area contributed by atoms with E-state index in [9.17, 15) is 167 Å². The summed E-state index contributed by atoms with van der Waals surface area (Å²) in [6.45, 7) is -3.47. The van der Waals surface area contributed by atoms with Crippen LogP contribution in [-0.2, 0) is 47.4 Å². The molecule has 4 aliphatic heterocycles. The molecule has 4 aliphatic rings. The average Bonchev–Trinajstić information content (AvgIpc) is 0.702. The quantitative estimate of drug-likeness (QED) is 0.0448. The molecule has 10 atom stereocenters. The highest BCUT2D eigenvalue weighted by Crippen LogP contribution is 2.62. The molecule has 1 saturated heterocycles.